The molecule has 14 heavy (non-hydrogen) atoms. The third-order valence-corrected chi connectivity index (χ3v) is 1.99. The van der Waals surface area contributed by atoms with Crippen LogP contribution in [0, 0.1) is 0 Å². The zero-order valence-corrected chi connectivity index (χ0v) is 8.86. The predicted molar refractivity (Wildman–Crippen MR) is 58.1 cm³/mol. The molecule has 0 fully saturated rings. The molecule has 0 saturated carbocycles. The van der Waals surface area contributed by atoms with E-state index < -0.39 is 0 Å². The predicted octanol–water partition coefficient (Wildman–Crippen LogP) is 1.43. The van der Waals surface area contributed by atoms with Crippen LogP contribution in [0.4, 0.5) is 0 Å². The van der Waals surface area contributed by atoms with Crippen molar-refractivity contribution in [3.8, 4) is 5.75 Å². The Hall–Kier alpha value is -1.06. The lowest BCUT2D eigenvalue weighted by molar-refractivity contribution is 0.339. The van der Waals surface area contributed by atoms with Crippen LogP contribution in [0.25, 0.3) is 0 Å². The van der Waals surface area contributed by atoms with Gasteiger partial charge in [0.15, 0.2) is 0 Å². The van der Waals surface area contributed by atoms with Crippen molar-refractivity contribution in [2.45, 2.75) is 13.3 Å². The van der Waals surface area contributed by atoms with E-state index in [2.05, 4.69) is 12.1 Å². The lowest BCUT2D eigenvalue weighted by Gasteiger charge is -2.09. The van der Waals surface area contributed by atoms with Crippen molar-refractivity contribution in [1.29, 1.82) is 0 Å². The molecule has 3 heteroatoms. The number of ether oxygens (including phenoxy) is 1. The third-order valence-electron chi connectivity index (χ3n) is 1.99. The summed E-state index contributed by atoms with van der Waals surface area (Å²) in [5, 5.41) is 1.69. The van der Waals surface area contributed by atoms with Crippen molar-refractivity contribution >= 4 is 0 Å². The Balaban J connectivity index is 2.46. The molecule has 3 nitrogen and oxygen atoms in total. The first-order valence-corrected chi connectivity index (χ1v) is 4.90. The molecular formula is C11H18N2O. The summed E-state index contributed by atoms with van der Waals surface area (Å²) in [4.78, 5) is 0. The maximum absolute atomic E-state index is 5.53. The SMILES string of the molecule is CCOc1ccc(CCN(C)N)cc1. The van der Waals surface area contributed by atoms with Gasteiger partial charge in [0.25, 0.3) is 0 Å². The van der Waals surface area contributed by atoms with Crippen molar-refractivity contribution in [2.24, 2.45) is 5.84 Å². The van der Waals surface area contributed by atoms with Gasteiger partial charge in [0.1, 0.15) is 5.75 Å². The van der Waals surface area contributed by atoms with Gasteiger partial charge in [-0.25, -0.2) is 5.01 Å². The van der Waals surface area contributed by atoms with E-state index in [9.17, 15) is 0 Å². The first kappa shape index (κ1) is 11.0. The molecule has 0 aromatic heterocycles. The Labute approximate surface area is 85.4 Å². The van der Waals surface area contributed by atoms with Crippen LogP contribution < -0.4 is 10.6 Å². The molecule has 0 heterocycles. The summed E-state index contributed by atoms with van der Waals surface area (Å²) in [5.41, 5.74) is 1.28. The lowest BCUT2D eigenvalue weighted by Crippen LogP contribution is -2.28. The normalized spacial score (nSPS) is 10.6. The van der Waals surface area contributed by atoms with E-state index in [1.165, 1.54) is 5.56 Å². The van der Waals surface area contributed by atoms with Gasteiger partial charge in [-0.05, 0) is 31.0 Å². The number of hydrogen-bond donors (Lipinski definition) is 1. The van der Waals surface area contributed by atoms with E-state index in [4.69, 9.17) is 10.6 Å². The molecule has 0 aliphatic carbocycles. The zero-order valence-electron chi connectivity index (χ0n) is 8.86. The molecule has 0 aliphatic rings. The van der Waals surface area contributed by atoms with Crippen molar-refractivity contribution in [3.05, 3.63) is 29.8 Å². The second-order valence-electron chi connectivity index (χ2n) is 3.31. The number of hydrogen-bond acceptors (Lipinski definition) is 3. The molecule has 0 amide bonds. The minimum atomic E-state index is 0.713. The van der Waals surface area contributed by atoms with Gasteiger partial charge in [-0.3, -0.25) is 5.84 Å². The molecule has 0 saturated heterocycles. The minimum absolute atomic E-state index is 0.713. The molecule has 0 aliphatic heterocycles. The van der Waals surface area contributed by atoms with Crippen LogP contribution in [0.5, 0.6) is 5.75 Å². The number of likely N-dealkylation sites (N-methyl/N-ethyl adjacent to an activating group) is 1. The molecule has 1 aromatic carbocycles. The largest absolute Gasteiger partial charge is 0.494 e. The third kappa shape index (κ3) is 3.77. The quantitative estimate of drug-likeness (QED) is 0.569. The summed E-state index contributed by atoms with van der Waals surface area (Å²) in [6.45, 7) is 3.57. The summed E-state index contributed by atoms with van der Waals surface area (Å²) in [6.07, 6.45) is 0.972. The van der Waals surface area contributed by atoms with Crippen LogP contribution >= 0.6 is 0 Å². The maximum atomic E-state index is 5.53. The summed E-state index contributed by atoms with van der Waals surface area (Å²) in [5.74, 6) is 6.45. The number of nitrogens with zero attached hydrogens (tertiary/aromatic N) is 1. The van der Waals surface area contributed by atoms with Gasteiger partial charge in [-0.2, -0.15) is 0 Å². The van der Waals surface area contributed by atoms with Crippen LogP contribution in [-0.4, -0.2) is 25.2 Å². The zero-order chi connectivity index (χ0) is 10.4. The van der Waals surface area contributed by atoms with Gasteiger partial charge >= 0.3 is 0 Å². The highest BCUT2D eigenvalue weighted by Crippen LogP contribution is 2.12. The fourth-order valence-corrected chi connectivity index (χ4v) is 1.22. The molecule has 1 rings (SSSR count). The lowest BCUT2D eigenvalue weighted by atomic mass is 10.1. The minimum Gasteiger partial charge on any atom is -0.494 e. The van der Waals surface area contributed by atoms with Gasteiger partial charge in [0, 0.05) is 13.6 Å². The van der Waals surface area contributed by atoms with E-state index in [-0.39, 0.29) is 0 Å². The summed E-state index contributed by atoms with van der Waals surface area (Å²) in [7, 11) is 1.87. The summed E-state index contributed by atoms with van der Waals surface area (Å²) in [6, 6.07) is 8.15. The molecule has 0 unspecified atom stereocenters. The van der Waals surface area contributed by atoms with Gasteiger partial charge in [-0.1, -0.05) is 12.1 Å². The van der Waals surface area contributed by atoms with E-state index in [1.54, 1.807) is 5.01 Å². The molecule has 78 valence electrons. The van der Waals surface area contributed by atoms with E-state index in [0.29, 0.717) is 6.61 Å². The van der Waals surface area contributed by atoms with E-state index in [0.717, 1.165) is 18.7 Å². The van der Waals surface area contributed by atoms with Crippen molar-refractivity contribution < 1.29 is 4.74 Å². The first-order valence-electron chi connectivity index (χ1n) is 4.90. The smallest absolute Gasteiger partial charge is 0.119 e. The van der Waals surface area contributed by atoms with Crippen molar-refractivity contribution in [2.75, 3.05) is 20.2 Å². The average Bonchev–Trinajstić information content (AvgIpc) is 2.17. The molecule has 1 aromatic rings. The Bertz CT molecular complexity index is 256. The Kier molecular flexibility index (Phi) is 4.43. The highest BCUT2D eigenvalue weighted by Gasteiger charge is 1.96. The monoisotopic (exact) mass is 194 g/mol. The number of hydrazine groups is 1. The number of benzene rings is 1. The van der Waals surface area contributed by atoms with Crippen molar-refractivity contribution in [3.63, 3.8) is 0 Å². The Morgan fingerprint density at radius 3 is 2.43 bits per heavy atom. The standard InChI is InChI=1S/C11H18N2O/c1-3-14-11-6-4-10(5-7-11)8-9-13(2)12/h4-7H,3,8-9,12H2,1-2H3. The average molecular weight is 194 g/mol. The van der Waals surface area contributed by atoms with Gasteiger partial charge in [-0.15, -0.1) is 0 Å². The molecular weight excluding hydrogens is 176 g/mol. The summed E-state index contributed by atoms with van der Waals surface area (Å²) >= 11 is 0. The highest BCUT2D eigenvalue weighted by molar-refractivity contribution is 5.27. The van der Waals surface area contributed by atoms with E-state index in [1.807, 2.05) is 26.1 Å². The van der Waals surface area contributed by atoms with Crippen LogP contribution in [0.3, 0.4) is 0 Å². The Morgan fingerprint density at radius 1 is 1.29 bits per heavy atom. The maximum Gasteiger partial charge on any atom is 0.119 e. The Morgan fingerprint density at radius 2 is 1.93 bits per heavy atom. The molecule has 0 radical (unpaired) electrons. The number of rotatable bonds is 5. The molecule has 0 bridgehead atoms. The van der Waals surface area contributed by atoms with Crippen LogP contribution in [-0.2, 0) is 6.42 Å². The summed E-state index contributed by atoms with van der Waals surface area (Å²) < 4.78 is 5.35. The van der Waals surface area contributed by atoms with Gasteiger partial charge in [0.05, 0.1) is 6.61 Å². The van der Waals surface area contributed by atoms with Gasteiger partial charge < -0.3 is 4.74 Å². The van der Waals surface area contributed by atoms with E-state index >= 15 is 0 Å². The van der Waals surface area contributed by atoms with Crippen molar-refractivity contribution in [1.82, 2.24) is 5.01 Å². The number of nitrogens with two attached hydrogens (primary N) is 1. The molecule has 0 spiro atoms. The molecule has 0 atom stereocenters. The first-order chi connectivity index (χ1) is 6.72. The van der Waals surface area contributed by atoms with Gasteiger partial charge in [0.2, 0.25) is 0 Å². The van der Waals surface area contributed by atoms with Crippen LogP contribution in [0.1, 0.15) is 12.5 Å². The fourth-order valence-electron chi connectivity index (χ4n) is 1.22. The van der Waals surface area contributed by atoms with Crippen LogP contribution in [0.2, 0.25) is 0 Å². The topological polar surface area (TPSA) is 38.5 Å². The fraction of sp³-hybridized carbons (Fsp3) is 0.455. The second kappa shape index (κ2) is 5.62. The highest BCUT2D eigenvalue weighted by atomic mass is 16.5. The molecule has 2 N–H and O–H groups in total. The van der Waals surface area contributed by atoms with Crippen LogP contribution in [0.15, 0.2) is 24.3 Å². The second-order valence-corrected chi connectivity index (χ2v) is 3.31.